The van der Waals surface area contributed by atoms with Gasteiger partial charge in [-0.3, -0.25) is 5.41 Å². The molecule has 0 aromatic heterocycles. The van der Waals surface area contributed by atoms with E-state index < -0.39 is 5.82 Å². The number of nitrogens with two attached hydrogens (primary N) is 1. The van der Waals surface area contributed by atoms with Crippen LogP contribution in [0, 0.1) is 11.2 Å². The van der Waals surface area contributed by atoms with E-state index >= 15 is 0 Å². The summed E-state index contributed by atoms with van der Waals surface area (Å²) in [4.78, 5) is 1.78. The van der Waals surface area contributed by atoms with Crippen molar-refractivity contribution >= 4 is 11.5 Å². The Kier molecular flexibility index (Phi) is 2.51. The van der Waals surface area contributed by atoms with Crippen LogP contribution in [0.2, 0.25) is 0 Å². The number of hydrogen-bond acceptors (Lipinski definition) is 2. The first-order chi connectivity index (χ1) is 6.02. The summed E-state index contributed by atoms with van der Waals surface area (Å²) < 4.78 is 13.2. The number of nitrogen functional groups attached to an aromatic ring is 1. The maximum absolute atomic E-state index is 13.2. The van der Waals surface area contributed by atoms with E-state index in [1.165, 1.54) is 12.1 Å². The number of nitrogens with zero attached hydrogens (tertiary/aromatic N) is 1. The quantitative estimate of drug-likeness (QED) is 0.531. The van der Waals surface area contributed by atoms with Gasteiger partial charge in [0.25, 0.3) is 0 Å². The zero-order valence-electron chi connectivity index (χ0n) is 7.63. The lowest BCUT2D eigenvalue weighted by Gasteiger charge is -2.13. The zero-order chi connectivity index (χ0) is 10.0. The monoisotopic (exact) mass is 181 g/mol. The van der Waals surface area contributed by atoms with E-state index in [2.05, 4.69) is 0 Å². The second-order valence-electron chi connectivity index (χ2n) is 2.97. The molecule has 1 aromatic rings. The van der Waals surface area contributed by atoms with E-state index in [0.717, 1.165) is 5.69 Å². The van der Waals surface area contributed by atoms with Crippen molar-refractivity contribution in [3.8, 4) is 0 Å². The molecular formula is C9H12FN3. The van der Waals surface area contributed by atoms with Crippen LogP contribution in [0.4, 0.5) is 10.1 Å². The Hall–Kier alpha value is -1.58. The van der Waals surface area contributed by atoms with Gasteiger partial charge in [0.05, 0.1) is 5.56 Å². The van der Waals surface area contributed by atoms with Crippen molar-refractivity contribution in [2.75, 3.05) is 19.0 Å². The van der Waals surface area contributed by atoms with Crippen molar-refractivity contribution in [3.05, 3.63) is 29.6 Å². The maximum Gasteiger partial charge on any atom is 0.136 e. The van der Waals surface area contributed by atoms with Gasteiger partial charge in [-0.2, -0.15) is 0 Å². The Morgan fingerprint density at radius 3 is 2.46 bits per heavy atom. The summed E-state index contributed by atoms with van der Waals surface area (Å²) in [6.45, 7) is 0. The van der Waals surface area contributed by atoms with Crippen molar-refractivity contribution in [1.29, 1.82) is 5.41 Å². The van der Waals surface area contributed by atoms with Gasteiger partial charge in [-0.25, -0.2) is 4.39 Å². The highest BCUT2D eigenvalue weighted by Gasteiger charge is 2.06. The molecule has 3 N–H and O–H groups in total. The molecule has 0 aliphatic rings. The molecular weight excluding hydrogens is 169 g/mol. The molecule has 1 rings (SSSR count). The number of rotatable bonds is 2. The largest absolute Gasteiger partial charge is 0.384 e. The highest BCUT2D eigenvalue weighted by atomic mass is 19.1. The maximum atomic E-state index is 13.2. The van der Waals surface area contributed by atoms with Gasteiger partial charge in [-0.1, -0.05) is 0 Å². The molecule has 0 unspecified atom stereocenters. The number of anilines is 1. The number of halogens is 1. The first kappa shape index (κ1) is 9.51. The summed E-state index contributed by atoms with van der Waals surface area (Å²) in [6, 6.07) is 4.59. The van der Waals surface area contributed by atoms with Gasteiger partial charge in [0, 0.05) is 19.8 Å². The molecule has 0 aliphatic heterocycles. The molecule has 1 aromatic carbocycles. The molecule has 3 nitrogen and oxygen atoms in total. The molecule has 70 valence electrons. The van der Waals surface area contributed by atoms with Gasteiger partial charge in [0.1, 0.15) is 11.7 Å². The zero-order valence-corrected chi connectivity index (χ0v) is 7.63. The minimum Gasteiger partial charge on any atom is -0.384 e. The minimum absolute atomic E-state index is 0.144. The van der Waals surface area contributed by atoms with Crippen LogP contribution >= 0.6 is 0 Å². The summed E-state index contributed by atoms with van der Waals surface area (Å²) in [5, 5.41) is 7.08. The van der Waals surface area contributed by atoms with Crippen molar-refractivity contribution < 1.29 is 4.39 Å². The molecule has 0 saturated carbocycles. The molecule has 0 spiro atoms. The topological polar surface area (TPSA) is 53.1 Å². The van der Waals surface area contributed by atoms with Crippen LogP contribution < -0.4 is 10.6 Å². The van der Waals surface area contributed by atoms with E-state index in [-0.39, 0.29) is 11.4 Å². The average Bonchev–Trinajstić information content (AvgIpc) is 2.03. The Balaban J connectivity index is 3.13. The molecule has 0 bridgehead atoms. The molecule has 0 fully saturated rings. The minimum atomic E-state index is -0.460. The molecule has 0 radical (unpaired) electrons. The van der Waals surface area contributed by atoms with Crippen molar-refractivity contribution in [2.24, 2.45) is 5.73 Å². The Morgan fingerprint density at radius 1 is 1.46 bits per heavy atom. The van der Waals surface area contributed by atoms with Gasteiger partial charge < -0.3 is 10.6 Å². The highest BCUT2D eigenvalue weighted by molar-refractivity contribution is 5.95. The number of benzene rings is 1. The van der Waals surface area contributed by atoms with E-state index in [1.54, 1.807) is 11.0 Å². The fourth-order valence-corrected chi connectivity index (χ4v) is 1.00. The predicted octanol–water partition coefficient (Wildman–Crippen LogP) is 1.18. The first-order valence-corrected chi connectivity index (χ1v) is 3.83. The summed E-state index contributed by atoms with van der Waals surface area (Å²) >= 11 is 0. The number of nitrogens with one attached hydrogen (secondary N) is 1. The third-order valence-electron chi connectivity index (χ3n) is 1.76. The van der Waals surface area contributed by atoms with Crippen LogP contribution in [0.3, 0.4) is 0 Å². The fourth-order valence-electron chi connectivity index (χ4n) is 1.00. The van der Waals surface area contributed by atoms with E-state index in [1.807, 2.05) is 14.1 Å². The predicted molar refractivity (Wildman–Crippen MR) is 51.7 cm³/mol. The van der Waals surface area contributed by atoms with Crippen LogP contribution in [0.15, 0.2) is 18.2 Å². The van der Waals surface area contributed by atoms with Gasteiger partial charge >= 0.3 is 0 Å². The first-order valence-electron chi connectivity index (χ1n) is 3.83. The van der Waals surface area contributed by atoms with E-state index in [4.69, 9.17) is 11.1 Å². The summed E-state index contributed by atoms with van der Waals surface area (Å²) in [5.74, 6) is -0.707. The number of hydrogen-bond donors (Lipinski definition) is 2. The molecule has 0 aliphatic carbocycles. The van der Waals surface area contributed by atoms with Gasteiger partial charge in [0.2, 0.25) is 0 Å². The van der Waals surface area contributed by atoms with Gasteiger partial charge in [-0.15, -0.1) is 0 Å². The smallest absolute Gasteiger partial charge is 0.136 e. The van der Waals surface area contributed by atoms with E-state index in [9.17, 15) is 4.39 Å². The van der Waals surface area contributed by atoms with Gasteiger partial charge in [0.15, 0.2) is 0 Å². The molecule has 0 amide bonds. The standard InChI is InChI=1S/C9H12FN3/c1-13(2)6-3-4-7(9(11)12)8(10)5-6/h3-5H,1-2H3,(H3,11,12). The van der Waals surface area contributed by atoms with E-state index in [0.29, 0.717) is 0 Å². The normalized spacial score (nSPS) is 9.77. The van der Waals surface area contributed by atoms with Crippen molar-refractivity contribution in [3.63, 3.8) is 0 Å². The second kappa shape index (κ2) is 3.43. The number of amidine groups is 1. The molecule has 13 heavy (non-hydrogen) atoms. The second-order valence-corrected chi connectivity index (χ2v) is 2.97. The SMILES string of the molecule is CN(C)c1ccc(C(=N)N)c(F)c1. The molecule has 0 heterocycles. The molecule has 0 saturated heterocycles. The van der Waals surface area contributed by atoms with Crippen molar-refractivity contribution in [2.45, 2.75) is 0 Å². The third-order valence-corrected chi connectivity index (χ3v) is 1.76. The molecule has 0 atom stereocenters. The summed E-state index contributed by atoms with van der Waals surface area (Å²) in [5.41, 5.74) is 6.07. The lowest BCUT2D eigenvalue weighted by molar-refractivity contribution is 0.624. The lowest BCUT2D eigenvalue weighted by Crippen LogP contribution is -2.15. The van der Waals surface area contributed by atoms with Crippen LogP contribution in [-0.2, 0) is 0 Å². The average molecular weight is 181 g/mol. The summed E-state index contributed by atoms with van der Waals surface area (Å²) in [6.07, 6.45) is 0. The Bertz CT molecular complexity index is 334. The molecule has 4 heteroatoms. The van der Waals surface area contributed by atoms with Crippen LogP contribution in [0.5, 0.6) is 0 Å². The fraction of sp³-hybridized carbons (Fsp3) is 0.222. The Morgan fingerprint density at radius 2 is 2.08 bits per heavy atom. The Labute approximate surface area is 76.5 Å². The van der Waals surface area contributed by atoms with Gasteiger partial charge in [-0.05, 0) is 18.2 Å². The van der Waals surface area contributed by atoms with Crippen LogP contribution in [0.25, 0.3) is 0 Å². The summed E-state index contributed by atoms with van der Waals surface area (Å²) in [7, 11) is 3.64. The third kappa shape index (κ3) is 1.96. The van der Waals surface area contributed by atoms with Crippen molar-refractivity contribution in [1.82, 2.24) is 0 Å². The lowest BCUT2D eigenvalue weighted by atomic mass is 10.1. The highest BCUT2D eigenvalue weighted by Crippen LogP contribution is 2.15. The van der Waals surface area contributed by atoms with Crippen LogP contribution in [0.1, 0.15) is 5.56 Å². The van der Waals surface area contributed by atoms with Crippen LogP contribution in [-0.4, -0.2) is 19.9 Å².